The highest BCUT2D eigenvalue weighted by Crippen LogP contribution is 2.34. The Morgan fingerprint density at radius 3 is 2.52 bits per heavy atom. The highest BCUT2D eigenvalue weighted by Gasteiger charge is 2.25. The number of hydrogen-bond acceptors (Lipinski definition) is 8. The molecule has 0 saturated heterocycles. The molecule has 0 amide bonds. The Labute approximate surface area is 130 Å². The van der Waals surface area contributed by atoms with E-state index < -0.39 is 4.92 Å². The van der Waals surface area contributed by atoms with E-state index >= 15 is 0 Å². The van der Waals surface area contributed by atoms with Gasteiger partial charge in [0.05, 0.1) is 23.0 Å². The summed E-state index contributed by atoms with van der Waals surface area (Å²) in [6.07, 6.45) is 7.29. The van der Waals surface area contributed by atoms with Gasteiger partial charge in [0.1, 0.15) is 12.1 Å². The van der Waals surface area contributed by atoms with Crippen molar-refractivity contribution >= 4 is 17.2 Å². The first-order chi connectivity index (χ1) is 11.2. The molecule has 3 aromatic rings. The minimum Gasteiger partial charge on any atom is -0.432 e. The first-order valence-electron chi connectivity index (χ1n) is 6.48. The van der Waals surface area contributed by atoms with Gasteiger partial charge in [-0.2, -0.15) is 4.98 Å². The van der Waals surface area contributed by atoms with E-state index in [9.17, 15) is 10.1 Å². The van der Waals surface area contributed by atoms with Gasteiger partial charge in [0.2, 0.25) is 5.82 Å². The van der Waals surface area contributed by atoms with Crippen molar-refractivity contribution in [3.63, 3.8) is 0 Å². The molecule has 0 bridgehead atoms. The van der Waals surface area contributed by atoms with Crippen molar-refractivity contribution in [1.82, 2.24) is 19.9 Å². The van der Waals surface area contributed by atoms with Crippen LogP contribution in [0.25, 0.3) is 0 Å². The molecular formula is C14H10N6O3. The van der Waals surface area contributed by atoms with Gasteiger partial charge in [-0.05, 0) is 24.3 Å². The first-order valence-corrected chi connectivity index (χ1v) is 6.48. The maximum Gasteiger partial charge on any atom is 0.373 e. The molecule has 1 N–H and O–H groups in total. The van der Waals surface area contributed by atoms with Crippen molar-refractivity contribution in [2.75, 3.05) is 5.32 Å². The van der Waals surface area contributed by atoms with Crippen LogP contribution in [0.3, 0.4) is 0 Å². The molecule has 0 aliphatic rings. The number of nitrogens with zero attached hydrogens (tertiary/aromatic N) is 5. The van der Waals surface area contributed by atoms with Crippen molar-refractivity contribution in [2.24, 2.45) is 0 Å². The lowest BCUT2D eigenvalue weighted by molar-refractivity contribution is -0.385. The zero-order valence-electron chi connectivity index (χ0n) is 11.7. The van der Waals surface area contributed by atoms with Crippen LogP contribution in [0.5, 0.6) is 11.6 Å². The molecule has 9 nitrogen and oxygen atoms in total. The molecular weight excluding hydrogens is 300 g/mol. The zero-order valence-corrected chi connectivity index (χ0v) is 11.7. The van der Waals surface area contributed by atoms with Gasteiger partial charge in [0.25, 0.3) is 0 Å². The largest absolute Gasteiger partial charge is 0.432 e. The highest BCUT2D eigenvalue weighted by atomic mass is 16.6. The van der Waals surface area contributed by atoms with E-state index in [-0.39, 0.29) is 17.4 Å². The van der Waals surface area contributed by atoms with E-state index in [0.717, 1.165) is 0 Å². The summed E-state index contributed by atoms with van der Waals surface area (Å²) in [6, 6.07) is 6.67. The minimum absolute atomic E-state index is 0.0110. The van der Waals surface area contributed by atoms with Crippen LogP contribution in [-0.4, -0.2) is 24.9 Å². The Balaban J connectivity index is 1.97. The fourth-order valence-electron chi connectivity index (χ4n) is 1.79. The van der Waals surface area contributed by atoms with E-state index in [0.29, 0.717) is 11.4 Å². The van der Waals surface area contributed by atoms with Gasteiger partial charge in [-0.3, -0.25) is 20.1 Å². The molecule has 0 aromatic carbocycles. The van der Waals surface area contributed by atoms with E-state index in [2.05, 4.69) is 25.3 Å². The lowest BCUT2D eigenvalue weighted by Crippen LogP contribution is -2.03. The Morgan fingerprint density at radius 2 is 1.87 bits per heavy atom. The first kappa shape index (κ1) is 14.3. The fourth-order valence-corrected chi connectivity index (χ4v) is 1.79. The van der Waals surface area contributed by atoms with Crippen LogP contribution in [0.2, 0.25) is 0 Å². The molecule has 0 spiro atoms. The average Bonchev–Trinajstić information content (AvgIpc) is 2.56. The minimum atomic E-state index is -0.607. The average molecular weight is 310 g/mol. The third-order valence-electron chi connectivity index (χ3n) is 2.74. The second-order valence-corrected chi connectivity index (χ2v) is 4.29. The molecule has 0 aliphatic carbocycles. The van der Waals surface area contributed by atoms with Gasteiger partial charge >= 0.3 is 11.6 Å². The molecule has 3 rings (SSSR count). The Morgan fingerprint density at radius 1 is 1.09 bits per heavy atom. The fraction of sp³-hybridized carbons (Fsp3) is 0. The smallest absolute Gasteiger partial charge is 0.373 e. The normalized spacial score (nSPS) is 10.1. The number of anilines is 2. The van der Waals surface area contributed by atoms with Gasteiger partial charge < -0.3 is 10.1 Å². The summed E-state index contributed by atoms with van der Waals surface area (Å²) in [5, 5.41) is 14.2. The SMILES string of the molecule is O=[N+]([O-])c1c(Nc2cccnc2)ncnc1Oc1cccnc1. The Kier molecular flexibility index (Phi) is 4.01. The number of pyridine rings is 2. The van der Waals surface area contributed by atoms with Crippen molar-refractivity contribution < 1.29 is 9.66 Å². The van der Waals surface area contributed by atoms with Crippen LogP contribution in [0.15, 0.2) is 55.4 Å². The maximum absolute atomic E-state index is 11.4. The van der Waals surface area contributed by atoms with Crippen LogP contribution in [-0.2, 0) is 0 Å². The van der Waals surface area contributed by atoms with Gasteiger partial charge in [-0.25, -0.2) is 4.98 Å². The van der Waals surface area contributed by atoms with Crippen molar-refractivity contribution in [3.05, 3.63) is 65.5 Å². The van der Waals surface area contributed by atoms with E-state index in [1.54, 1.807) is 36.7 Å². The zero-order chi connectivity index (χ0) is 16.1. The second kappa shape index (κ2) is 6.43. The summed E-state index contributed by atoms with van der Waals surface area (Å²) >= 11 is 0. The number of nitro groups is 1. The highest BCUT2D eigenvalue weighted by molar-refractivity contribution is 5.68. The summed E-state index contributed by atoms with van der Waals surface area (Å²) in [5.74, 6) is 0.169. The third kappa shape index (κ3) is 3.35. The molecule has 0 saturated carbocycles. The predicted molar refractivity (Wildman–Crippen MR) is 80.5 cm³/mol. The van der Waals surface area contributed by atoms with Crippen LogP contribution < -0.4 is 10.1 Å². The monoisotopic (exact) mass is 310 g/mol. The van der Waals surface area contributed by atoms with Crippen molar-refractivity contribution in [2.45, 2.75) is 0 Å². The van der Waals surface area contributed by atoms with Crippen molar-refractivity contribution in [3.8, 4) is 11.6 Å². The second-order valence-electron chi connectivity index (χ2n) is 4.29. The lowest BCUT2D eigenvalue weighted by atomic mass is 10.4. The lowest BCUT2D eigenvalue weighted by Gasteiger charge is -2.08. The summed E-state index contributed by atoms with van der Waals surface area (Å²) in [7, 11) is 0. The molecule has 0 aliphatic heterocycles. The van der Waals surface area contributed by atoms with Crippen LogP contribution in [0.1, 0.15) is 0 Å². The quantitative estimate of drug-likeness (QED) is 0.564. The van der Waals surface area contributed by atoms with Crippen LogP contribution in [0, 0.1) is 10.1 Å². The summed E-state index contributed by atoms with van der Waals surface area (Å²) < 4.78 is 5.44. The number of nitrogens with one attached hydrogen (secondary N) is 1. The molecule has 0 radical (unpaired) electrons. The van der Waals surface area contributed by atoms with Crippen LogP contribution in [0.4, 0.5) is 17.2 Å². The topological polar surface area (TPSA) is 116 Å². The van der Waals surface area contributed by atoms with Gasteiger partial charge in [-0.1, -0.05) is 0 Å². The molecule has 9 heteroatoms. The predicted octanol–water partition coefficient (Wildman–Crippen LogP) is 2.71. The number of hydrogen-bond donors (Lipinski definition) is 1. The number of aromatic nitrogens is 4. The standard InChI is InChI=1S/C14H10N6O3/c21-20(22)12-13(19-10-3-1-5-15-7-10)17-9-18-14(12)23-11-4-2-6-16-8-11/h1-9H,(H,17,18,19). The molecule has 0 atom stereocenters. The van der Waals surface area contributed by atoms with E-state index in [4.69, 9.17) is 4.74 Å². The van der Waals surface area contributed by atoms with Crippen molar-refractivity contribution in [1.29, 1.82) is 0 Å². The summed E-state index contributed by atoms with van der Waals surface area (Å²) in [5.41, 5.74) is 0.182. The van der Waals surface area contributed by atoms with E-state index in [1.807, 2.05) is 0 Å². The summed E-state index contributed by atoms with van der Waals surface area (Å²) in [6.45, 7) is 0. The summed E-state index contributed by atoms with van der Waals surface area (Å²) in [4.78, 5) is 26.4. The third-order valence-corrected chi connectivity index (χ3v) is 2.74. The Bertz CT molecular complexity index is 754. The molecule has 0 fully saturated rings. The van der Waals surface area contributed by atoms with Crippen LogP contribution >= 0.6 is 0 Å². The van der Waals surface area contributed by atoms with E-state index in [1.165, 1.54) is 18.7 Å². The van der Waals surface area contributed by atoms with Gasteiger partial charge in [0, 0.05) is 12.4 Å². The number of ether oxygens (including phenoxy) is 1. The Hall–Kier alpha value is -3.62. The molecule has 23 heavy (non-hydrogen) atoms. The molecule has 3 aromatic heterocycles. The van der Waals surface area contributed by atoms with Gasteiger partial charge in [0.15, 0.2) is 0 Å². The number of rotatable bonds is 5. The molecule has 3 heterocycles. The maximum atomic E-state index is 11.4. The molecule has 114 valence electrons. The molecule has 0 unspecified atom stereocenters. The van der Waals surface area contributed by atoms with Gasteiger partial charge in [-0.15, -0.1) is 0 Å².